The molecular weight excluding hydrogens is 194 g/mol. The van der Waals surface area contributed by atoms with Crippen LogP contribution in [0.15, 0.2) is 14.6 Å². The van der Waals surface area contributed by atoms with Gasteiger partial charge >= 0.3 is 0 Å². The molecule has 6 heteroatoms. The summed E-state index contributed by atoms with van der Waals surface area (Å²) >= 11 is 1.28. The third-order valence-electron chi connectivity index (χ3n) is 1.63. The molecule has 12 heavy (non-hydrogen) atoms. The minimum Gasteiger partial charge on any atom is -0.288 e. The van der Waals surface area contributed by atoms with Gasteiger partial charge in [-0.3, -0.25) is 4.99 Å². The van der Waals surface area contributed by atoms with E-state index in [0.717, 1.165) is 11.1 Å². The van der Waals surface area contributed by atoms with Gasteiger partial charge in [0.1, 0.15) is 14.1 Å². The molecule has 0 radical (unpaired) electrons. The number of hydrogen-bond donors (Lipinski definition) is 2. The molecular formula is C6H7N3OS2. The molecule has 1 atom stereocenters. The fourth-order valence-electron chi connectivity index (χ4n) is 1.11. The molecule has 0 aliphatic carbocycles. The zero-order valence-corrected chi connectivity index (χ0v) is 7.74. The topological polar surface area (TPSA) is 79.3 Å². The SMILES string of the molecule is N=S(N)(=O)c1scc2c1C=NC2. The van der Waals surface area contributed by atoms with E-state index in [1.54, 1.807) is 6.21 Å². The fraction of sp³-hybridized carbons (Fsp3) is 0.167. The van der Waals surface area contributed by atoms with E-state index in [-0.39, 0.29) is 0 Å². The van der Waals surface area contributed by atoms with Crippen LogP contribution in [-0.4, -0.2) is 10.4 Å². The molecule has 1 aromatic rings. The van der Waals surface area contributed by atoms with Crippen LogP contribution in [0.25, 0.3) is 0 Å². The van der Waals surface area contributed by atoms with Crippen LogP contribution >= 0.6 is 11.3 Å². The minimum atomic E-state index is -3.06. The summed E-state index contributed by atoms with van der Waals surface area (Å²) in [5.41, 5.74) is 1.82. The lowest BCUT2D eigenvalue weighted by Gasteiger charge is -1.96. The molecule has 2 rings (SSSR count). The lowest BCUT2D eigenvalue weighted by molar-refractivity contribution is 0.677. The molecule has 2 heterocycles. The third-order valence-corrected chi connectivity index (χ3v) is 4.27. The number of nitrogens with one attached hydrogen (secondary N) is 1. The molecule has 0 bridgehead atoms. The highest BCUT2D eigenvalue weighted by Gasteiger charge is 2.18. The van der Waals surface area contributed by atoms with Gasteiger partial charge in [0.15, 0.2) is 0 Å². The van der Waals surface area contributed by atoms with Crippen molar-refractivity contribution in [3.05, 3.63) is 16.5 Å². The molecule has 1 aliphatic rings. The van der Waals surface area contributed by atoms with Crippen LogP contribution < -0.4 is 5.14 Å². The predicted molar refractivity (Wildman–Crippen MR) is 48.9 cm³/mol. The maximum atomic E-state index is 11.2. The van der Waals surface area contributed by atoms with Gasteiger partial charge in [-0.25, -0.2) is 14.1 Å². The van der Waals surface area contributed by atoms with Gasteiger partial charge in [0, 0.05) is 11.8 Å². The second-order valence-corrected chi connectivity index (χ2v) is 5.28. The first-order chi connectivity index (χ1) is 5.59. The van der Waals surface area contributed by atoms with Gasteiger partial charge in [0.25, 0.3) is 0 Å². The van der Waals surface area contributed by atoms with Crippen molar-refractivity contribution in [2.45, 2.75) is 10.8 Å². The van der Waals surface area contributed by atoms with Crippen molar-refractivity contribution in [3.63, 3.8) is 0 Å². The van der Waals surface area contributed by atoms with Crippen molar-refractivity contribution in [1.82, 2.24) is 0 Å². The molecule has 0 fully saturated rings. The largest absolute Gasteiger partial charge is 0.288 e. The molecule has 0 saturated heterocycles. The van der Waals surface area contributed by atoms with Crippen molar-refractivity contribution in [2.24, 2.45) is 10.1 Å². The highest BCUT2D eigenvalue weighted by molar-refractivity contribution is 7.92. The highest BCUT2D eigenvalue weighted by atomic mass is 32.2. The van der Waals surface area contributed by atoms with E-state index < -0.39 is 9.92 Å². The summed E-state index contributed by atoms with van der Waals surface area (Å²) in [4.78, 5) is 4.00. The van der Waals surface area contributed by atoms with E-state index >= 15 is 0 Å². The van der Waals surface area contributed by atoms with Gasteiger partial charge in [-0.2, -0.15) is 0 Å². The Labute approximate surface area is 74.2 Å². The molecule has 0 aromatic carbocycles. The van der Waals surface area contributed by atoms with Crippen molar-refractivity contribution in [2.75, 3.05) is 0 Å². The monoisotopic (exact) mass is 201 g/mol. The van der Waals surface area contributed by atoms with Gasteiger partial charge in [-0.1, -0.05) is 0 Å². The fourth-order valence-corrected chi connectivity index (χ4v) is 3.10. The van der Waals surface area contributed by atoms with Gasteiger partial charge in [-0.15, -0.1) is 11.3 Å². The number of fused-ring (bicyclic) bond motifs is 1. The van der Waals surface area contributed by atoms with E-state index in [0.29, 0.717) is 10.8 Å². The number of rotatable bonds is 1. The average Bonchev–Trinajstić information content (AvgIpc) is 2.37. The van der Waals surface area contributed by atoms with E-state index in [9.17, 15) is 4.21 Å². The summed E-state index contributed by atoms with van der Waals surface area (Å²) in [6, 6.07) is 0. The van der Waals surface area contributed by atoms with Crippen LogP contribution in [0, 0.1) is 4.78 Å². The Morgan fingerprint density at radius 1 is 1.75 bits per heavy atom. The molecule has 3 N–H and O–H groups in total. The zero-order valence-electron chi connectivity index (χ0n) is 6.11. The van der Waals surface area contributed by atoms with Gasteiger partial charge < -0.3 is 0 Å². The Bertz CT molecular complexity index is 443. The smallest absolute Gasteiger partial charge is 0.142 e. The molecule has 64 valence electrons. The predicted octanol–water partition coefficient (Wildman–Crippen LogP) is 0.960. The van der Waals surface area contributed by atoms with Gasteiger partial charge in [-0.05, 0) is 10.9 Å². The maximum absolute atomic E-state index is 11.2. The second kappa shape index (κ2) is 2.38. The molecule has 0 amide bonds. The lowest BCUT2D eigenvalue weighted by atomic mass is 10.2. The number of nitrogens with zero attached hydrogens (tertiary/aromatic N) is 1. The molecule has 1 aromatic heterocycles. The van der Waals surface area contributed by atoms with Crippen LogP contribution in [0.4, 0.5) is 0 Å². The van der Waals surface area contributed by atoms with Crippen LogP contribution in [0.5, 0.6) is 0 Å². The van der Waals surface area contributed by atoms with E-state index in [1.165, 1.54) is 11.3 Å². The van der Waals surface area contributed by atoms with E-state index in [4.69, 9.17) is 9.92 Å². The molecule has 1 aliphatic heterocycles. The molecule has 4 nitrogen and oxygen atoms in total. The van der Waals surface area contributed by atoms with Crippen LogP contribution in [0.1, 0.15) is 11.1 Å². The average molecular weight is 201 g/mol. The van der Waals surface area contributed by atoms with Crippen LogP contribution in [0.2, 0.25) is 0 Å². The van der Waals surface area contributed by atoms with Gasteiger partial charge in [0.05, 0.1) is 6.54 Å². The first-order valence-electron chi connectivity index (χ1n) is 3.26. The third kappa shape index (κ3) is 1.08. The van der Waals surface area contributed by atoms with Crippen LogP contribution in [0.3, 0.4) is 0 Å². The highest BCUT2D eigenvalue weighted by Crippen LogP contribution is 2.28. The zero-order chi connectivity index (χ0) is 8.77. The Morgan fingerprint density at radius 3 is 3.17 bits per heavy atom. The lowest BCUT2D eigenvalue weighted by Crippen LogP contribution is -2.10. The first-order valence-corrected chi connectivity index (χ1v) is 5.76. The molecule has 0 saturated carbocycles. The Kier molecular flexibility index (Phi) is 1.57. The van der Waals surface area contributed by atoms with Crippen molar-refractivity contribution in [1.29, 1.82) is 4.78 Å². The molecule has 1 unspecified atom stereocenters. The van der Waals surface area contributed by atoms with E-state index in [1.807, 2.05) is 5.38 Å². The first kappa shape index (κ1) is 7.90. The molecule has 0 spiro atoms. The number of hydrogen-bond acceptors (Lipinski definition) is 4. The van der Waals surface area contributed by atoms with Crippen molar-refractivity contribution < 1.29 is 4.21 Å². The van der Waals surface area contributed by atoms with Crippen molar-refractivity contribution in [3.8, 4) is 0 Å². The normalized spacial score (nSPS) is 19.1. The van der Waals surface area contributed by atoms with E-state index in [2.05, 4.69) is 4.99 Å². The minimum absolute atomic E-state index is 0.443. The Balaban J connectivity index is 2.69. The number of thiophene rings is 1. The Hall–Kier alpha value is -0.720. The summed E-state index contributed by atoms with van der Waals surface area (Å²) in [5.74, 6) is 0. The standard InChI is InChI=1S/C6H7N3OS2/c7-12(8,10)6-5-2-9-1-4(5)3-11-6/h2-3H,1H2,(H3,7,8,10). The maximum Gasteiger partial charge on any atom is 0.142 e. The summed E-state index contributed by atoms with van der Waals surface area (Å²) in [7, 11) is -3.06. The van der Waals surface area contributed by atoms with Crippen LogP contribution in [-0.2, 0) is 16.5 Å². The quantitative estimate of drug-likeness (QED) is 0.697. The summed E-state index contributed by atoms with van der Waals surface area (Å²) in [6.45, 7) is 0.626. The summed E-state index contributed by atoms with van der Waals surface area (Å²) in [5, 5.41) is 7.08. The number of nitrogens with two attached hydrogens (primary N) is 1. The summed E-state index contributed by atoms with van der Waals surface area (Å²) in [6.07, 6.45) is 1.64. The summed E-state index contributed by atoms with van der Waals surface area (Å²) < 4.78 is 18.9. The Morgan fingerprint density at radius 2 is 2.50 bits per heavy atom. The second-order valence-electron chi connectivity index (χ2n) is 2.53. The van der Waals surface area contributed by atoms with Crippen molar-refractivity contribution >= 4 is 27.5 Å². The van der Waals surface area contributed by atoms with Gasteiger partial charge in [0.2, 0.25) is 0 Å². The number of aliphatic imine (C=N–C) groups is 1.